The summed E-state index contributed by atoms with van der Waals surface area (Å²) in [5.74, 6) is -0.888. The van der Waals surface area contributed by atoms with Crippen LogP contribution in [0.2, 0.25) is 5.28 Å². The molecule has 0 aromatic carbocycles. The van der Waals surface area contributed by atoms with Gasteiger partial charge >= 0.3 is 12.1 Å². The van der Waals surface area contributed by atoms with E-state index < -0.39 is 12.1 Å². The number of amides is 1. The third-order valence-corrected chi connectivity index (χ3v) is 3.84. The third-order valence-electron chi connectivity index (χ3n) is 3.66. The molecule has 3 N–H and O–H groups in total. The van der Waals surface area contributed by atoms with Gasteiger partial charge < -0.3 is 20.5 Å². The van der Waals surface area contributed by atoms with Crippen molar-refractivity contribution in [1.29, 1.82) is 0 Å². The minimum Gasteiger partial charge on any atom is -0.477 e. The zero-order chi connectivity index (χ0) is 16.8. The van der Waals surface area contributed by atoms with Crippen LogP contribution in [0.25, 0.3) is 0 Å². The summed E-state index contributed by atoms with van der Waals surface area (Å²) in [6, 6.07) is 0.138. The molecule has 0 atom stereocenters. The predicted octanol–water partition coefficient (Wildman–Crippen LogP) is 2.30. The normalized spacial score (nSPS) is 20.6. The van der Waals surface area contributed by atoms with Crippen LogP contribution in [0.15, 0.2) is 6.20 Å². The van der Waals surface area contributed by atoms with Crippen LogP contribution in [0.5, 0.6) is 0 Å². The van der Waals surface area contributed by atoms with E-state index in [-0.39, 0.29) is 28.7 Å². The second kappa shape index (κ2) is 7.96. The number of rotatable bonds is 5. The first kappa shape index (κ1) is 17.3. The van der Waals surface area contributed by atoms with Gasteiger partial charge in [-0.2, -0.15) is 4.98 Å². The first-order chi connectivity index (χ1) is 11.0. The van der Waals surface area contributed by atoms with Crippen LogP contribution in [0.3, 0.4) is 0 Å². The number of ether oxygens (including phenoxy) is 1. The molecule has 1 aliphatic rings. The minimum absolute atomic E-state index is 0.00448. The minimum atomic E-state index is -1.11. The molecule has 1 aromatic rings. The van der Waals surface area contributed by atoms with E-state index in [1.165, 1.54) is 6.20 Å². The van der Waals surface area contributed by atoms with Gasteiger partial charge in [-0.3, -0.25) is 0 Å². The quantitative estimate of drug-likeness (QED) is 0.703. The molecule has 0 spiro atoms. The van der Waals surface area contributed by atoms with Crippen molar-refractivity contribution in [3.05, 3.63) is 17.0 Å². The largest absolute Gasteiger partial charge is 0.477 e. The molecule has 9 heteroatoms. The molecule has 0 radical (unpaired) electrons. The highest BCUT2D eigenvalue weighted by Crippen LogP contribution is 2.23. The molecule has 1 amide bonds. The summed E-state index contributed by atoms with van der Waals surface area (Å²) in [6.07, 6.45) is 3.89. The molecular formula is C14H19ClN4O4. The Morgan fingerprint density at radius 2 is 2.00 bits per heavy atom. The topological polar surface area (TPSA) is 113 Å². The number of carboxylic acids is 1. The van der Waals surface area contributed by atoms with Gasteiger partial charge in [-0.25, -0.2) is 14.6 Å². The van der Waals surface area contributed by atoms with Gasteiger partial charge in [0.1, 0.15) is 11.4 Å². The lowest BCUT2D eigenvalue weighted by Gasteiger charge is -2.29. The smallest absolute Gasteiger partial charge is 0.407 e. The number of nitrogens with zero attached hydrogens (tertiary/aromatic N) is 2. The van der Waals surface area contributed by atoms with E-state index >= 15 is 0 Å². The zero-order valence-corrected chi connectivity index (χ0v) is 13.5. The van der Waals surface area contributed by atoms with Crippen LogP contribution in [0.4, 0.5) is 10.6 Å². The molecule has 2 rings (SSSR count). The van der Waals surface area contributed by atoms with Gasteiger partial charge in [0.05, 0.1) is 6.61 Å². The average Bonchev–Trinajstić information content (AvgIpc) is 2.49. The number of aromatic carboxylic acids is 1. The van der Waals surface area contributed by atoms with Crippen LogP contribution in [-0.2, 0) is 4.74 Å². The van der Waals surface area contributed by atoms with Gasteiger partial charge in [-0.1, -0.05) is 0 Å². The highest BCUT2D eigenvalue weighted by molar-refractivity contribution is 6.28. The molecule has 1 aromatic heterocycles. The molecule has 0 bridgehead atoms. The second-order valence-corrected chi connectivity index (χ2v) is 5.60. The van der Waals surface area contributed by atoms with Crippen LogP contribution < -0.4 is 10.6 Å². The van der Waals surface area contributed by atoms with Gasteiger partial charge in [0, 0.05) is 18.3 Å². The van der Waals surface area contributed by atoms with Gasteiger partial charge in [0.2, 0.25) is 5.28 Å². The van der Waals surface area contributed by atoms with Crippen LogP contribution in [0, 0.1) is 0 Å². The Morgan fingerprint density at radius 3 is 2.61 bits per heavy atom. The standard InChI is InChI=1S/C14H19ClN4O4/c1-2-23-14(22)18-9-5-3-8(4-6-9)17-11-10(12(20)21)7-16-13(15)19-11/h7-9H,2-6H2,1H3,(H,18,22)(H,20,21)(H,16,17,19). The highest BCUT2D eigenvalue weighted by atomic mass is 35.5. The number of hydrogen-bond donors (Lipinski definition) is 3. The van der Waals surface area contributed by atoms with Crippen LogP contribution >= 0.6 is 11.6 Å². The van der Waals surface area contributed by atoms with Gasteiger partial charge in [-0.15, -0.1) is 0 Å². The Kier molecular flexibility index (Phi) is 5.97. The first-order valence-corrected chi connectivity index (χ1v) is 7.83. The number of aromatic nitrogens is 2. The molecule has 1 aliphatic carbocycles. The molecule has 1 saturated carbocycles. The molecule has 126 valence electrons. The molecule has 0 unspecified atom stereocenters. The molecular weight excluding hydrogens is 324 g/mol. The molecule has 1 heterocycles. The van der Waals surface area contributed by atoms with E-state index in [2.05, 4.69) is 20.6 Å². The van der Waals surface area contributed by atoms with E-state index in [9.17, 15) is 9.59 Å². The van der Waals surface area contributed by atoms with Crippen molar-refractivity contribution < 1.29 is 19.4 Å². The number of hydrogen-bond acceptors (Lipinski definition) is 6. The zero-order valence-electron chi connectivity index (χ0n) is 12.7. The number of nitrogens with one attached hydrogen (secondary N) is 2. The maximum absolute atomic E-state index is 11.4. The summed E-state index contributed by atoms with van der Waals surface area (Å²) < 4.78 is 4.86. The lowest BCUT2D eigenvalue weighted by atomic mass is 9.91. The van der Waals surface area contributed by atoms with Gasteiger partial charge in [0.25, 0.3) is 0 Å². The van der Waals surface area contributed by atoms with Gasteiger partial charge in [-0.05, 0) is 44.2 Å². The second-order valence-electron chi connectivity index (χ2n) is 5.26. The third kappa shape index (κ3) is 4.95. The van der Waals surface area contributed by atoms with Crippen LogP contribution in [-0.4, -0.2) is 45.8 Å². The summed E-state index contributed by atoms with van der Waals surface area (Å²) >= 11 is 5.73. The van der Waals surface area contributed by atoms with Crippen molar-refractivity contribution in [1.82, 2.24) is 15.3 Å². The van der Waals surface area contributed by atoms with E-state index in [1.54, 1.807) is 6.92 Å². The predicted molar refractivity (Wildman–Crippen MR) is 83.8 cm³/mol. The molecule has 0 aliphatic heterocycles. The Bertz CT molecular complexity index is 576. The summed E-state index contributed by atoms with van der Waals surface area (Å²) in [5.41, 5.74) is -0.0128. The Hall–Kier alpha value is -2.09. The molecule has 23 heavy (non-hydrogen) atoms. The maximum Gasteiger partial charge on any atom is 0.407 e. The fraction of sp³-hybridized carbons (Fsp3) is 0.571. The molecule has 0 saturated heterocycles. The summed E-state index contributed by atoms with van der Waals surface area (Å²) in [5, 5.41) is 15.1. The number of alkyl carbamates (subject to hydrolysis) is 1. The molecule has 8 nitrogen and oxygen atoms in total. The number of carbonyl (C=O) groups excluding carboxylic acids is 1. The van der Waals surface area contributed by atoms with Crippen molar-refractivity contribution in [2.45, 2.75) is 44.7 Å². The van der Waals surface area contributed by atoms with Crippen molar-refractivity contribution >= 4 is 29.5 Å². The fourth-order valence-corrected chi connectivity index (χ4v) is 2.68. The Balaban J connectivity index is 1.91. The monoisotopic (exact) mass is 342 g/mol. The first-order valence-electron chi connectivity index (χ1n) is 7.45. The van der Waals surface area contributed by atoms with Crippen molar-refractivity contribution in [3.8, 4) is 0 Å². The number of carbonyl (C=O) groups is 2. The Labute approximate surface area is 138 Å². The lowest BCUT2D eigenvalue weighted by Crippen LogP contribution is -2.40. The fourth-order valence-electron chi connectivity index (χ4n) is 2.54. The number of halogens is 1. The SMILES string of the molecule is CCOC(=O)NC1CCC(Nc2nc(Cl)ncc2C(=O)O)CC1. The van der Waals surface area contributed by atoms with E-state index in [1.807, 2.05) is 0 Å². The summed E-state index contributed by atoms with van der Waals surface area (Å²) in [6.45, 7) is 2.10. The summed E-state index contributed by atoms with van der Waals surface area (Å²) in [7, 11) is 0. The van der Waals surface area contributed by atoms with E-state index in [0.29, 0.717) is 6.61 Å². The van der Waals surface area contributed by atoms with E-state index in [0.717, 1.165) is 25.7 Å². The number of anilines is 1. The van der Waals surface area contributed by atoms with Crippen molar-refractivity contribution in [2.75, 3.05) is 11.9 Å². The van der Waals surface area contributed by atoms with Crippen molar-refractivity contribution in [2.24, 2.45) is 0 Å². The molecule has 1 fully saturated rings. The Morgan fingerprint density at radius 1 is 1.35 bits per heavy atom. The lowest BCUT2D eigenvalue weighted by molar-refractivity contribution is 0.0697. The van der Waals surface area contributed by atoms with E-state index in [4.69, 9.17) is 21.4 Å². The summed E-state index contributed by atoms with van der Waals surface area (Å²) in [4.78, 5) is 30.2. The van der Waals surface area contributed by atoms with Crippen LogP contribution in [0.1, 0.15) is 43.0 Å². The maximum atomic E-state index is 11.4. The average molecular weight is 343 g/mol. The van der Waals surface area contributed by atoms with Gasteiger partial charge in [0.15, 0.2) is 0 Å². The number of carboxylic acid groups (broad SMARTS) is 1. The highest BCUT2D eigenvalue weighted by Gasteiger charge is 2.24. The van der Waals surface area contributed by atoms with Crippen molar-refractivity contribution in [3.63, 3.8) is 0 Å².